The van der Waals surface area contributed by atoms with Crippen LogP contribution in [-0.4, -0.2) is 45.9 Å². The van der Waals surface area contributed by atoms with Gasteiger partial charge in [0.25, 0.3) is 5.88 Å². The van der Waals surface area contributed by atoms with E-state index in [0.717, 1.165) is 0 Å². The number of rotatable bonds is 7. The van der Waals surface area contributed by atoms with E-state index in [-0.39, 0.29) is 12.5 Å². The maximum absolute atomic E-state index is 11.5. The topological polar surface area (TPSA) is 115 Å². The van der Waals surface area contributed by atoms with Gasteiger partial charge in [-0.3, -0.25) is 9.78 Å². The fraction of sp³-hybridized carbons (Fsp3) is 0.364. The minimum Gasteiger partial charge on any atom is -0.473 e. The van der Waals surface area contributed by atoms with Gasteiger partial charge in [0.2, 0.25) is 5.91 Å². The molecule has 0 aromatic carbocycles. The zero-order valence-electron chi connectivity index (χ0n) is 10.9. The summed E-state index contributed by atoms with van der Waals surface area (Å²) >= 11 is 0. The van der Waals surface area contributed by atoms with Crippen molar-refractivity contribution in [3.05, 3.63) is 24.3 Å². The van der Waals surface area contributed by atoms with Crippen molar-refractivity contribution in [2.75, 3.05) is 25.0 Å². The Morgan fingerprint density at radius 1 is 1.40 bits per heavy atom. The molecule has 0 aliphatic rings. The molecular weight excluding hydrogens is 264 g/mol. The third-order valence-electron chi connectivity index (χ3n) is 2.24. The first-order chi connectivity index (χ1) is 9.75. The summed E-state index contributed by atoms with van der Waals surface area (Å²) in [5.74, 6) is 0.570. The molecule has 0 saturated heterocycles. The summed E-state index contributed by atoms with van der Waals surface area (Å²) in [7, 11) is 0. The highest BCUT2D eigenvalue weighted by molar-refractivity contribution is 5.91. The Labute approximate surface area is 114 Å². The molecule has 2 heterocycles. The van der Waals surface area contributed by atoms with E-state index in [4.69, 9.17) is 4.74 Å². The Bertz CT molecular complexity index is 544. The van der Waals surface area contributed by atoms with Crippen LogP contribution in [0.2, 0.25) is 0 Å². The first kappa shape index (κ1) is 13.9. The number of hydrogen-bond acceptors (Lipinski definition) is 8. The molecule has 0 aliphatic heterocycles. The quantitative estimate of drug-likeness (QED) is 0.668. The second kappa shape index (κ2) is 7.14. The molecule has 0 atom stereocenters. The molecule has 0 fully saturated rings. The van der Waals surface area contributed by atoms with Crippen molar-refractivity contribution in [1.82, 2.24) is 25.6 Å². The van der Waals surface area contributed by atoms with Gasteiger partial charge in [0.1, 0.15) is 12.3 Å². The summed E-state index contributed by atoms with van der Waals surface area (Å²) in [5.41, 5.74) is 0.588. The van der Waals surface area contributed by atoms with Crippen LogP contribution in [-0.2, 0) is 4.79 Å². The predicted molar refractivity (Wildman–Crippen MR) is 68.1 cm³/mol. The molecule has 0 spiro atoms. The summed E-state index contributed by atoms with van der Waals surface area (Å²) in [6, 6.07) is 0. The third-order valence-corrected chi connectivity index (χ3v) is 2.24. The minimum absolute atomic E-state index is 0.149. The molecule has 106 valence electrons. The van der Waals surface area contributed by atoms with Crippen LogP contribution in [0.15, 0.2) is 23.2 Å². The monoisotopic (exact) mass is 278 g/mol. The normalized spacial score (nSPS) is 10.2. The van der Waals surface area contributed by atoms with Crippen molar-refractivity contribution in [3.63, 3.8) is 0 Å². The number of nitrogens with zero attached hydrogens (tertiary/aromatic N) is 4. The highest BCUT2D eigenvalue weighted by atomic mass is 16.6. The Hall–Kier alpha value is -2.55. The molecule has 2 aromatic rings. The van der Waals surface area contributed by atoms with Gasteiger partial charge in [0.05, 0.1) is 12.7 Å². The summed E-state index contributed by atoms with van der Waals surface area (Å²) in [6.07, 6.45) is 4.51. The molecule has 0 saturated carbocycles. The fourth-order valence-electron chi connectivity index (χ4n) is 1.33. The Kier molecular flexibility index (Phi) is 4.95. The number of ether oxygens (including phenoxy) is 1. The van der Waals surface area contributed by atoms with Gasteiger partial charge in [-0.15, -0.1) is 0 Å². The van der Waals surface area contributed by atoms with Gasteiger partial charge in [-0.2, -0.15) is 0 Å². The average molecular weight is 278 g/mol. The van der Waals surface area contributed by atoms with Crippen molar-refractivity contribution >= 4 is 11.7 Å². The van der Waals surface area contributed by atoms with Crippen molar-refractivity contribution < 1.29 is 14.2 Å². The summed E-state index contributed by atoms with van der Waals surface area (Å²) in [5, 5.41) is 12.7. The molecule has 0 unspecified atom stereocenters. The number of hydrogen-bond donors (Lipinski definition) is 2. The lowest BCUT2D eigenvalue weighted by Crippen LogP contribution is -2.31. The van der Waals surface area contributed by atoms with E-state index in [9.17, 15) is 4.79 Å². The highest BCUT2D eigenvalue weighted by Gasteiger charge is 2.06. The Balaban J connectivity index is 1.59. The number of carbonyl (C=O) groups excluding carboxylic acids is 1. The summed E-state index contributed by atoms with van der Waals surface area (Å²) in [4.78, 5) is 19.3. The standard InChI is InChI=1S/C11H14N6O3/c1-8-11(17-20-16-8)19-5-4-13-7-10(18)15-9-6-12-2-3-14-9/h2-3,6,13H,4-5,7H2,1H3,(H,14,15,18). The predicted octanol–water partition coefficient (Wildman–Crippen LogP) is -0.225. The molecule has 0 bridgehead atoms. The average Bonchev–Trinajstić information content (AvgIpc) is 2.85. The second-order valence-electron chi connectivity index (χ2n) is 3.82. The Morgan fingerprint density at radius 2 is 2.30 bits per heavy atom. The van der Waals surface area contributed by atoms with Crippen LogP contribution in [0.4, 0.5) is 5.82 Å². The zero-order chi connectivity index (χ0) is 14.2. The highest BCUT2D eigenvalue weighted by Crippen LogP contribution is 2.09. The van der Waals surface area contributed by atoms with E-state index in [1.54, 1.807) is 6.92 Å². The lowest BCUT2D eigenvalue weighted by molar-refractivity contribution is -0.115. The molecule has 9 nitrogen and oxygen atoms in total. The van der Waals surface area contributed by atoms with Gasteiger partial charge >= 0.3 is 0 Å². The largest absolute Gasteiger partial charge is 0.473 e. The molecule has 9 heteroatoms. The number of aromatic nitrogens is 4. The fourth-order valence-corrected chi connectivity index (χ4v) is 1.33. The second-order valence-corrected chi connectivity index (χ2v) is 3.82. The van der Waals surface area contributed by atoms with Crippen LogP contribution >= 0.6 is 0 Å². The number of amides is 1. The molecule has 0 aliphatic carbocycles. The summed E-state index contributed by atoms with van der Waals surface area (Å²) < 4.78 is 9.78. The number of nitrogens with one attached hydrogen (secondary N) is 2. The van der Waals surface area contributed by atoms with E-state index in [1.807, 2.05) is 0 Å². The van der Waals surface area contributed by atoms with E-state index in [2.05, 4.69) is 35.5 Å². The van der Waals surface area contributed by atoms with Crippen LogP contribution in [0.3, 0.4) is 0 Å². The van der Waals surface area contributed by atoms with E-state index in [1.165, 1.54) is 18.6 Å². The molecule has 2 rings (SSSR count). The van der Waals surface area contributed by atoms with Gasteiger partial charge in [-0.1, -0.05) is 5.16 Å². The first-order valence-corrected chi connectivity index (χ1v) is 5.94. The number of carbonyl (C=O) groups is 1. The number of anilines is 1. The molecule has 0 radical (unpaired) electrons. The zero-order valence-corrected chi connectivity index (χ0v) is 10.9. The van der Waals surface area contributed by atoms with Crippen molar-refractivity contribution in [3.8, 4) is 5.88 Å². The molecule has 20 heavy (non-hydrogen) atoms. The smallest absolute Gasteiger partial charge is 0.278 e. The number of aryl methyl sites for hydroxylation is 1. The third kappa shape index (κ3) is 4.28. The van der Waals surface area contributed by atoms with Gasteiger partial charge in [-0.25, -0.2) is 9.61 Å². The van der Waals surface area contributed by atoms with E-state index in [0.29, 0.717) is 30.5 Å². The summed E-state index contributed by atoms with van der Waals surface area (Å²) in [6.45, 7) is 2.72. The molecule has 2 N–H and O–H groups in total. The maximum Gasteiger partial charge on any atom is 0.278 e. The maximum atomic E-state index is 11.5. The van der Waals surface area contributed by atoms with Crippen LogP contribution < -0.4 is 15.4 Å². The minimum atomic E-state index is -0.204. The van der Waals surface area contributed by atoms with E-state index < -0.39 is 0 Å². The van der Waals surface area contributed by atoms with Crippen molar-refractivity contribution in [2.24, 2.45) is 0 Å². The van der Waals surface area contributed by atoms with Gasteiger partial charge in [-0.05, 0) is 12.1 Å². The Morgan fingerprint density at radius 3 is 3.00 bits per heavy atom. The SMILES string of the molecule is Cc1nonc1OCCNCC(=O)Nc1cnccn1. The first-order valence-electron chi connectivity index (χ1n) is 5.94. The van der Waals surface area contributed by atoms with Crippen molar-refractivity contribution in [1.29, 1.82) is 0 Å². The van der Waals surface area contributed by atoms with Crippen molar-refractivity contribution in [2.45, 2.75) is 6.92 Å². The van der Waals surface area contributed by atoms with Crippen LogP contribution in [0.25, 0.3) is 0 Å². The molecule has 1 amide bonds. The van der Waals surface area contributed by atoms with Gasteiger partial charge < -0.3 is 15.4 Å². The van der Waals surface area contributed by atoms with Gasteiger partial charge in [0.15, 0.2) is 5.82 Å². The van der Waals surface area contributed by atoms with Gasteiger partial charge in [0, 0.05) is 18.9 Å². The lowest BCUT2D eigenvalue weighted by atomic mass is 10.5. The van der Waals surface area contributed by atoms with Crippen LogP contribution in [0, 0.1) is 6.92 Å². The molecular formula is C11H14N6O3. The molecule has 2 aromatic heterocycles. The lowest BCUT2D eigenvalue weighted by Gasteiger charge is -2.06. The van der Waals surface area contributed by atoms with E-state index >= 15 is 0 Å². The van der Waals surface area contributed by atoms with Crippen LogP contribution in [0.1, 0.15) is 5.69 Å². The van der Waals surface area contributed by atoms with Crippen LogP contribution in [0.5, 0.6) is 5.88 Å².